The SMILES string of the molecule is CCN(Cc1ccc(C(=O)N2CCC(C(=O)OC)(c3ccccc3)CC2)cc1)C(C)C. The minimum Gasteiger partial charge on any atom is -0.468 e. The standard InChI is InChI=1S/C26H34N2O3/c1-5-27(20(2)3)19-21-11-13-22(14-12-21)24(29)28-17-15-26(16-18-28,25(30)31-4)23-9-7-6-8-10-23/h6-14,20H,5,15-19H2,1-4H3. The molecule has 166 valence electrons. The van der Waals surface area contributed by atoms with Crippen LogP contribution in [0.5, 0.6) is 0 Å². The second kappa shape index (κ2) is 10.1. The molecule has 1 amide bonds. The van der Waals surface area contributed by atoms with Crippen LogP contribution in [-0.2, 0) is 21.5 Å². The lowest BCUT2D eigenvalue weighted by molar-refractivity contribution is -0.149. The number of hydrogen-bond acceptors (Lipinski definition) is 4. The molecule has 0 radical (unpaired) electrons. The summed E-state index contributed by atoms with van der Waals surface area (Å²) in [6, 6.07) is 18.2. The Morgan fingerprint density at radius 2 is 1.65 bits per heavy atom. The average Bonchev–Trinajstić information content (AvgIpc) is 2.82. The Labute approximate surface area is 186 Å². The number of methoxy groups -OCH3 is 1. The maximum Gasteiger partial charge on any atom is 0.316 e. The van der Waals surface area contributed by atoms with E-state index in [1.54, 1.807) is 0 Å². The maximum atomic E-state index is 13.1. The van der Waals surface area contributed by atoms with Crippen molar-refractivity contribution < 1.29 is 14.3 Å². The van der Waals surface area contributed by atoms with Crippen LogP contribution in [0.4, 0.5) is 0 Å². The van der Waals surface area contributed by atoms with Gasteiger partial charge in [0.2, 0.25) is 0 Å². The lowest BCUT2D eigenvalue weighted by Crippen LogP contribution is -2.49. The molecule has 0 bridgehead atoms. The van der Waals surface area contributed by atoms with Crippen LogP contribution in [0.1, 0.15) is 55.1 Å². The smallest absolute Gasteiger partial charge is 0.316 e. The van der Waals surface area contributed by atoms with Crippen molar-refractivity contribution in [2.75, 3.05) is 26.7 Å². The van der Waals surface area contributed by atoms with Crippen LogP contribution in [0.3, 0.4) is 0 Å². The lowest BCUT2D eigenvalue weighted by Gasteiger charge is -2.40. The van der Waals surface area contributed by atoms with Gasteiger partial charge in [-0.1, -0.05) is 49.4 Å². The third-order valence-corrected chi connectivity index (χ3v) is 6.53. The largest absolute Gasteiger partial charge is 0.468 e. The molecule has 0 saturated carbocycles. The second-order valence-electron chi connectivity index (χ2n) is 8.59. The Morgan fingerprint density at radius 1 is 1.03 bits per heavy atom. The number of rotatable bonds is 7. The van der Waals surface area contributed by atoms with Gasteiger partial charge in [-0.2, -0.15) is 0 Å². The van der Waals surface area contributed by atoms with Gasteiger partial charge >= 0.3 is 5.97 Å². The highest BCUT2D eigenvalue weighted by molar-refractivity contribution is 5.94. The summed E-state index contributed by atoms with van der Waals surface area (Å²) < 4.78 is 5.15. The molecule has 1 aliphatic heterocycles. The van der Waals surface area contributed by atoms with Gasteiger partial charge in [-0.15, -0.1) is 0 Å². The van der Waals surface area contributed by atoms with Crippen molar-refractivity contribution in [1.29, 1.82) is 0 Å². The highest BCUT2D eigenvalue weighted by Gasteiger charge is 2.44. The summed E-state index contributed by atoms with van der Waals surface area (Å²) in [5.74, 6) is -0.199. The van der Waals surface area contributed by atoms with Gasteiger partial charge in [-0.3, -0.25) is 14.5 Å². The molecular formula is C26H34N2O3. The van der Waals surface area contributed by atoms with E-state index in [1.165, 1.54) is 12.7 Å². The fourth-order valence-electron chi connectivity index (χ4n) is 4.48. The lowest BCUT2D eigenvalue weighted by atomic mass is 9.72. The van der Waals surface area contributed by atoms with Gasteiger partial charge in [0.25, 0.3) is 5.91 Å². The average molecular weight is 423 g/mol. The van der Waals surface area contributed by atoms with E-state index in [0.717, 1.165) is 18.7 Å². The fraction of sp³-hybridized carbons (Fsp3) is 0.462. The summed E-state index contributed by atoms with van der Waals surface area (Å²) in [5.41, 5.74) is 2.18. The highest BCUT2D eigenvalue weighted by atomic mass is 16.5. The predicted molar refractivity (Wildman–Crippen MR) is 123 cm³/mol. The Bertz CT molecular complexity index is 869. The van der Waals surface area contributed by atoms with Crippen molar-refractivity contribution in [3.05, 3.63) is 71.3 Å². The Hall–Kier alpha value is -2.66. The predicted octanol–water partition coefficient (Wildman–Crippen LogP) is 4.26. The molecule has 0 unspecified atom stereocenters. The Kier molecular flexibility index (Phi) is 7.50. The van der Waals surface area contributed by atoms with Gasteiger partial charge in [-0.25, -0.2) is 0 Å². The molecule has 5 heteroatoms. The van der Waals surface area contributed by atoms with E-state index in [9.17, 15) is 9.59 Å². The van der Waals surface area contributed by atoms with Crippen LogP contribution >= 0.6 is 0 Å². The number of nitrogens with zero attached hydrogens (tertiary/aromatic N) is 2. The molecule has 1 fully saturated rings. The minimum atomic E-state index is -0.683. The first-order valence-corrected chi connectivity index (χ1v) is 11.2. The molecule has 0 aromatic heterocycles. The van der Waals surface area contributed by atoms with Gasteiger partial charge in [0.15, 0.2) is 0 Å². The number of likely N-dealkylation sites (tertiary alicyclic amines) is 1. The quantitative estimate of drug-likeness (QED) is 0.626. The molecule has 31 heavy (non-hydrogen) atoms. The number of hydrogen-bond donors (Lipinski definition) is 0. The van der Waals surface area contributed by atoms with E-state index in [4.69, 9.17) is 4.74 Å². The molecule has 1 aliphatic rings. The third kappa shape index (κ3) is 4.99. The molecule has 1 heterocycles. The van der Waals surface area contributed by atoms with Crippen molar-refractivity contribution in [3.8, 4) is 0 Å². The molecule has 2 aromatic carbocycles. The second-order valence-corrected chi connectivity index (χ2v) is 8.59. The Morgan fingerprint density at radius 3 is 2.16 bits per heavy atom. The number of ether oxygens (including phenoxy) is 1. The van der Waals surface area contributed by atoms with Crippen molar-refractivity contribution in [1.82, 2.24) is 9.80 Å². The van der Waals surface area contributed by atoms with Crippen LogP contribution in [0.25, 0.3) is 0 Å². The summed E-state index contributed by atoms with van der Waals surface area (Å²) in [6.07, 6.45) is 1.13. The van der Waals surface area contributed by atoms with E-state index in [0.29, 0.717) is 37.5 Å². The third-order valence-electron chi connectivity index (χ3n) is 6.53. The van der Waals surface area contributed by atoms with Crippen molar-refractivity contribution >= 4 is 11.9 Å². The van der Waals surface area contributed by atoms with Crippen LogP contribution in [0.2, 0.25) is 0 Å². The van der Waals surface area contributed by atoms with Gasteiger partial charge in [0.05, 0.1) is 12.5 Å². The van der Waals surface area contributed by atoms with Crippen LogP contribution in [-0.4, -0.2) is 54.5 Å². The number of benzene rings is 2. The minimum absolute atomic E-state index is 0.0225. The zero-order chi connectivity index (χ0) is 22.4. The molecule has 5 nitrogen and oxygen atoms in total. The fourth-order valence-corrected chi connectivity index (χ4v) is 4.48. The summed E-state index contributed by atoms with van der Waals surface area (Å²) in [7, 11) is 1.44. The monoisotopic (exact) mass is 422 g/mol. The molecule has 0 atom stereocenters. The first kappa shape index (κ1) is 23.0. The molecule has 2 aromatic rings. The van der Waals surface area contributed by atoms with Gasteiger partial charge in [0.1, 0.15) is 0 Å². The first-order chi connectivity index (χ1) is 14.9. The van der Waals surface area contributed by atoms with Crippen molar-refractivity contribution in [3.63, 3.8) is 0 Å². The van der Waals surface area contributed by atoms with Crippen molar-refractivity contribution in [2.45, 2.75) is 51.6 Å². The zero-order valence-corrected chi connectivity index (χ0v) is 19.1. The van der Waals surface area contributed by atoms with E-state index in [-0.39, 0.29) is 11.9 Å². The zero-order valence-electron chi connectivity index (χ0n) is 19.1. The normalized spacial score (nSPS) is 15.9. The number of carbonyl (C=O) groups excluding carboxylic acids is 2. The van der Waals surface area contributed by atoms with Gasteiger partial charge in [-0.05, 0) is 56.5 Å². The Balaban J connectivity index is 1.69. The molecule has 0 N–H and O–H groups in total. The molecule has 0 aliphatic carbocycles. The van der Waals surface area contributed by atoms with Crippen LogP contribution in [0, 0.1) is 0 Å². The summed E-state index contributed by atoms with van der Waals surface area (Å²) >= 11 is 0. The number of amides is 1. The first-order valence-electron chi connectivity index (χ1n) is 11.2. The molecule has 3 rings (SSSR count). The van der Waals surface area contributed by atoms with Crippen LogP contribution < -0.4 is 0 Å². The van der Waals surface area contributed by atoms with E-state index >= 15 is 0 Å². The molecular weight excluding hydrogens is 388 g/mol. The maximum absolute atomic E-state index is 13.1. The highest BCUT2D eigenvalue weighted by Crippen LogP contribution is 2.37. The van der Waals surface area contributed by atoms with Crippen LogP contribution in [0.15, 0.2) is 54.6 Å². The topological polar surface area (TPSA) is 49.9 Å². The summed E-state index contributed by atoms with van der Waals surface area (Å²) in [6.45, 7) is 9.49. The number of esters is 1. The summed E-state index contributed by atoms with van der Waals surface area (Å²) in [5, 5.41) is 0. The molecule has 0 spiro atoms. The number of carbonyl (C=O) groups is 2. The van der Waals surface area contributed by atoms with Gasteiger partial charge < -0.3 is 9.64 Å². The van der Waals surface area contributed by atoms with E-state index in [2.05, 4.69) is 25.7 Å². The van der Waals surface area contributed by atoms with Gasteiger partial charge in [0, 0.05) is 31.2 Å². The number of piperidine rings is 1. The van der Waals surface area contributed by atoms with E-state index in [1.807, 2.05) is 59.5 Å². The summed E-state index contributed by atoms with van der Waals surface area (Å²) in [4.78, 5) is 30.0. The molecule has 1 saturated heterocycles. The van der Waals surface area contributed by atoms with E-state index < -0.39 is 5.41 Å². The van der Waals surface area contributed by atoms with Crippen molar-refractivity contribution in [2.24, 2.45) is 0 Å².